The Balaban J connectivity index is 1.92. The average Bonchev–Trinajstić information content (AvgIpc) is 2.84. The highest BCUT2D eigenvalue weighted by Crippen LogP contribution is 2.20. The second kappa shape index (κ2) is 5.68. The monoisotopic (exact) mass is 268 g/mol. The number of nitrogens with two attached hydrogens (primary N) is 1. The molecule has 19 heavy (non-hydrogen) atoms. The van der Waals surface area contributed by atoms with Crippen molar-refractivity contribution in [3.05, 3.63) is 5.69 Å². The first kappa shape index (κ1) is 13.3. The third-order valence-electron chi connectivity index (χ3n) is 3.12. The molecule has 0 radical (unpaired) electrons. The highest BCUT2D eigenvalue weighted by atomic mass is 16.6. The van der Waals surface area contributed by atoms with E-state index in [9.17, 15) is 9.59 Å². The van der Waals surface area contributed by atoms with Gasteiger partial charge >= 0.3 is 5.97 Å². The predicted octanol–water partition coefficient (Wildman–Crippen LogP) is 0.0671. The average molecular weight is 268 g/mol. The van der Waals surface area contributed by atoms with Crippen molar-refractivity contribution < 1.29 is 19.0 Å². The molecule has 2 rings (SSSR count). The maximum absolute atomic E-state index is 12.1. The number of esters is 1. The first-order chi connectivity index (χ1) is 9.13. The van der Waals surface area contributed by atoms with Crippen molar-refractivity contribution in [2.45, 2.75) is 19.8 Å². The van der Waals surface area contributed by atoms with Crippen molar-refractivity contribution in [3.8, 4) is 0 Å². The molecule has 0 aromatic carbocycles. The Labute approximate surface area is 109 Å². The van der Waals surface area contributed by atoms with E-state index in [1.807, 2.05) is 0 Å². The van der Waals surface area contributed by atoms with Crippen molar-refractivity contribution in [2.24, 2.45) is 5.92 Å². The summed E-state index contributed by atoms with van der Waals surface area (Å²) in [7, 11) is 0. The Morgan fingerprint density at radius 1 is 1.42 bits per heavy atom. The lowest BCUT2D eigenvalue weighted by atomic mass is 9.97. The lowest BCUT2D eigenvalue weighted by Gasteiger charge is -2.30. The number of piperidine rings is 1. The number of anilines is 1. The molecule has 8 nitrogen and oxygen atoms in total. The van der Waals surface area contributed by atoms with E-state index in [1.54, 1.807) is 11.8 Å². The fourth-order valence-electron chi connectivity index (χ4n) is 2.07. The summed E-state index contributed by atoms with van der Waals surface area (Å²) >= 11 is 0. The Morgan fingerprint density at radius 3 is 2.63 bits per heavy atom. The van der Waals surface area contributed by atoms with Gasteiger partial charge in [-0.05, 0) is 30.1 Å². The van der Waals surface area contributed by atoms with Gasteiger partial charge in [-0.25, -0.2) is 4.63 Å². The van der Waals surface area contributed by atoms with Gasteiger partial charge in [0.1, 0.15) is 0 Å². The molecule has 1 fully saturated rings. The molecule has 1 aliphatic rings. The quantitative estimate of drug-likeness (QED) is 0.772. The number of hydrogen-bond acceptors (Lipinski definition) is 7. The second-order valence-electron chi connectivity index (χ2n) is 4.32. The van der Waals surface area contributed by atoms with Gasteiger partial charge in [0.05, 0.1) is 12.5 Å². The lowest BCUT2D eigenvalue weighted by Crippen LogP contribution is -2.41. The number of carbonyl (C=O) groups excluding carboxylic acids is 2. The van der Waals surface area contributed by atoms with Crippen LogP contribution >= 0.6 is 0 Å². The van der Waals surface area contributed by atoms with Gasteiger partial charge in [0.15, 0.2) is 0 Å². The second-order valence-corrected chi connectivity index (χ2v) is 4.32. The first-order valence-corrected chi connectivity index (χ1v) is 6.17. The summed E-state index contributed by atoms with van der Waals surface area (Å²) < 4.78 is 9.37. The third-order valence-corrected chi connectivity index (χ3v) is 3.12. The number of amides is 1. The van der Waals surface area contributed by atoms with Crippen LogP contribution in [-0.2, 0) is 9.53 Å². The van der Waals surface area contributed by atoms with E-state index >= 15 is 0 Å². The van der Waals surface area contributed by atoms with E-state index in [-0.39, 0.29) is 29.3 Å². The van der Waals surface area contributed by atoms with Crippen LogP contribution in [0, 0.1) is 5.92 Å². The maximum Gasteiger partial charge on any atom is 0.309 e. The normalized spacial score (nSPS) is 16.4. The van der Waals surface area contributed by atoms with Gasteiger partial charge in [-0.1, -0.05) is 0 Å². The topological polar surface area (TPSA) is 112 Å². The fourth-order valence-corrected chi connectivity index (χ4v) is 2.07. The van der Waals surface area contributed by atoms with E-state index < -0.39 is 0 Å². The van der Waals surface area contributed by atoms with Gasteiger partial charge in [0.25, 0.3) is 5.91 Å². The fraction of sp³-hybridized carbons (Fsp3) is 0.636. The van der Waals surface area contributed by atoms with Crippen molar-refractivity contribution >= 4 is 17.7 Å². The maximum atomic E-state index is 12.1. The largest absolute Gasteiger partial charge is 0.466 e. The van der Waals surface area contributed by atoms with Gasteiger partial charge in [-0.2, -0.15) is 0 Å². The van der Waals surface area contributed by atoms with E-state index in [4.69, 9.17) is 10.5 Å². The zero-order valence-corrected chi connectivity index (χ0v) is 10.7. The van der Waals surface area contributed by atoms with E-state index in [2.05, 4.69) is 14.9 Å². The molecule has 104 valence electrons. The Kier molecular flexibility index (Phi) is 3.98. The molecule has 1 saturated heterocycles. The summed E-state index contributed by atoms with van der Waals surface area (Å²) in [5, 5.41) is 6.85. The van der Waals surface area contributed by atoms with Crippen LogP contribution in [0.15, 0.2) is 4.63 Å². The molecule has 0 saturated carbocycles. The number of hydrogen-bond donors (Lipinski definition) is 1. The molecule has 1 aromatic rings. The predicted molar refractivity (Wildman–Crippen MR) is 64.0 cm³/mol. The van der Waals surface area contributed by atoms with E-state index in [1.165, 1.54) is 0 Å². The molecule has 2 heterocycles. The lowest BCUT2D eigenvalue weighted by molar-refractivity contribution is -0.149. The van der Waals surface area contributed by atoms with Crippen molar-refractivity contribution in [1.82, 2.24) is 15.2 Å². The van der Waals surface area contributed by atoms with Crippen molar-refractivity contribution in [3.63, 3.8) is 0 Å². The Bertz CT molecular complexity index is 465. The molecule has 1 aromatic heterocycles. The summed E-state index contributed by atoms with van der Waals surface area (Å²) in [5.41, 5.74) is 5.50. The van der Waals surface area contributed by atoms with Crippen molar-refractivity contribution in [2.75, 3.05) is 25.4 Å². The van der Waals surface area contributed by atoms with Gasteiger partial charge < -0.3 is 15.4 Å². The van der Waals surface area contributed by atoms with Gasteiger partial charge in [-0.3, -0.25) is 9.59 Å². The highest BCUT2D eigenvalue weighted by molar-refractivity contribution is 5.96. The molecule has 0 aliphatic carbocycles. The number of nitrogens with zero attached hydrogens (tertiary/aromatic N) is 3. The van der Waals surface area contributed by atoms with Crippen LogP contribution < -0.4 is 5.73 Å². The molecule has 0 unspecified atom stereocenters. The first-order valence-electron chi connectivity index (χ1n) is 6.17. The molecule has 0 spiro atoms. The Morgan fingerprint density at radius 2 is 2.11 bits per heavy atom. The van der Waals surface area contributed by atoms with Crippen molar-refractivity contribution in [1.29, 1.82) is 0 Å². The molecular formula is C11H16N4O4. The highest BCUT2D eigenvalue weighted by Gasteiger charge is 2.30. The molecule has 0 atom stereocenters. The zero-order chi connectivity index (χ0) is 13.8. The van der Waals surface area contributed by atoms with Gasteiger partial charge in [-0.15, -0.1) is 0 Å². The minimum Gasteiger partial charge on any atom is -0.466 e. The molecule has 2 N–H and O–H groups in total. The molecule has 8 heteroatoms. The van der Waals surface area contributed by atoms with Gasteiger partial charge in [0.2, 0.25) is 11.5 Å². The zero-order valence-electron chi connectivity index (χ0n) is 10.7. The van der Waals surface area contributed by atoms with Crippen LogP contribution in [0.4, 0.5) is 5.82 Å². The third kappa shape index (κ3) is 2.83. The number of ether oxygens (including phenoxy) is 1. The van der Waals surface area contributed by atoms with Crippen LogP contribution in [-0.4, -0.2) is 46.8 Å². The van der Waals surface area contributed by atoms with Crippen LogP contribution in [0.2, 0.25) is 0 Å². The van der Waals surface area contributed by atoms with Gasteiger partial charge in [0, 0.05) is 13.1 Å². The number of likely N-dealkylation sites (tertiary alicyclic amines) is 1. The number of aromatic nitrogens is 2. The molecule has 0 bridgehead atoms. The standard InChI is InChI=1S/C11H16N4O4/c1-2-18-11(17)7-3-5-15(6-4-7)10(16)8-9(12)14-19-13-8/h7H,2-6H2,1H3,(H2,12,14). The van der Waals surface area contributed by atoms with Crippen LogP contribution in [0.3, 0.4) is 0 Å². The summed E-state index contributed by atoms with van der Waals surface area (Å²) in [5.74, 6) is -0.674. The molecular weight excluding hydrogens is 252 g/mol. The molecule has 1 amide bonds. The summed E-state index contributed by atoms with van der Waals surface area (Å²) in [6.07, 6.45) is 1.16. The molecule has 1 aliphatic heterocycles. The number of nitrogen functional groups attached to an aromatic ring is 1. The summed E-state index contributed by atoms with van der Waals surface area (Å²) in [4.78, 5) is 25.2. The smallest absolute Gasteiger partial charge is 0.309 e. The summed E-state index contributed by atoms with van der Waals surface area (Å²) in [6.45, 7) is 3.08. The number of rotatable bonds is 3. The Hall–Kier alpha value is -2.12. The SMILES string of the molecule is CCOC(=O)C1CCN(C(=O)c2nonc2N)CC1. The van der Waals surface area contributed by atoms with Crippen LogP contribution in [0.1, 0.15) is 30.3 Å². The van der Waals surface area contributed by atoms with Crippen LogP contribution in [0.5, 0.6) is 0 Å². The number of carbonyl (C=O) groups is 2. The minimum atomic E-state index is -0.318. The van der Waals surface area contributed by atoms with E-state index in [0.717, 1.165) is 0 Å². The summed E-state index contributed by atoms with van der Waals surface area (Å²) in [6, 6.07) is 0. The van der Waals surface area contributed by atoms with E-state index in [0.29, 0.717) is 32.5 Å². The van der Waals surface area contributed by atoms with Crippen LogP contribution in [0.25, 0.3) is 0 Å². The minimum absolute atomic E-state index is 0.0162.